The second-order valence-corrected chi connectivity index (χ2v) is 8.55. The average molecular weight is 436 g/mol. The summed E-state index contributed by atoms with van der Waals surface area (Å²) >= 11 is 5.85. The molecule has 0 fully saturated rings. The van der Waals surface area contributed by atoms with Gasteiger partial charge in [0.2, 0.25) is 15.8 Å². The lowest BCUT2D eigenvalue weighted by Gasteiger charge is -2.10. The van der Waals surface area contributed by atoms with Crippen LogP contribution in [0, 0.1) is 0 Å². The highest BCUT2D eigenvalue weighted by Gasteiger charge is 2.18. The van der Waals surface area contributed by atoms with Crippen molar-refractivity contribution < 1.29 is 22.5 Å². The quantitative estimate of drug-likeness (QED) is 0.566. The molecule has 0 saturated carbocycles. The van der Waals surface area contributed by atoms with Gasteiger partial charge in [-0.2, -0.15) is 4.98 Å². The Hall–Kier alpha value is -2.75. The number of ether oxygens (including phenoxy) is 1. The molecule has 0 saturated heterocycles. The highest BCUT2D eigenvalue weighted by molar-refractivity contribution is 7.89. The lowest BCUT2D eigenvalue weighted by molar-refractivity contribution is 0.0429. The lowest BCUT2D eigenvalue weighted by atomic mass is 10.2. The molecule has 0 aliphatic carbocycles. The van der Waals surface area contributed by atoms with E-state index in [4.69, 9.17) is 20.9 Å². The van der Waals surface area contributed by atoms with Gasteiger partial charge in [-0.1, -0.05) is 22.8 Å². The third-order valence-corrected chi connectivity index (χ3v) is 5.58. The second kappa shape index (κ2) is 8.73. The molecule has 3 aromatic rings. The van der Waals surface area contributed by atoms with E-state index >= 15 is 0 Å². The van der Waals surface area contributed by atoms with Gasteiger partial charge in [0.25, 0.3) is 5.89 Å². The number of sulfonamides is 1. The maximum absolute atomic E-state index is 12.3. The molecule has 1 aromatic heterocycles. The minimum atomic E-state index is -3.72. The molecule has 0 aliphatic heterocycles. The predicted molar refractivity (Wildman–Crippen MR) is 106 cm³/mol. The van der Waals surface area contributed by atoms with E-state index in [1.807, 2.05) is 0 Å². The first kappa shape index (κ1) is 21.0. The zero-order chi connectivity index (χ0) is 21.0. The summed E-state index contributed by atoms with van der Waals surface area (Å²) in [5, 5.41) is 4.42. The Balaban J connectivity index is 1.67. The van der Waals surface area contributed by atoms with E-state index in [-0.39, 0.29) is 29.0 Å². The Morgan fingerprint density at radius 3 is 2.62 bits per heavy atom. The van der Waals surface area contributed by atoms with Crippen LogP contribution in [0.15, 0.2) is 57.9 Å². The largest absolute Gasteiger partial charge is 0.452 e. The van der Waals surface area contributed by atoms with E-state index in [2.05, 4.69) is 14.9 Å². The van der Waals surface area contributed by atoms with Crippen LogP contribution in [0.1, 0.15) is 30.1 Å². The van der Waals surface area contributed by atoms with Crippen LogP contribution in [0.4, 0.5) is 0 Å². The number of esters is 1. The summed E-state index contributed by atoms with van der Waals surface area (Å²) < 4.78 is 37.2. The number of carbonyl (C=O) groups is 1. The van der Waals surface area contributed by atoms with Crippen LogP contribution in [-0.2, 0) is 21.4 Å². The van der Waals surface area contributed by atoms with Crippen molar-refractivity contribution in [1.29, 1.82) is 0 Å². The van der Waals surface area contributed by atoms with Gasteiger partial charge in [-0.05, 0) is 56.3 Å². The summed E-state index contributed by atoms with van der Waals surface area (Å²) in [6.07, 6.45) is 0. The highest BCUT2D eigenvalue weighted by Crippen LogP contribution is 2.19. The monoisotopic (exact) mass is 435 g/mol. The Morgan fingerprint density at radius 2 is 1.93 bits per heavy atom. The highest BCUT2D eigenvalue weighted by atomic mass is 35.5. The smallest absolute Gasteiger partial charge is 0.338 e. The van der Waals surface area contributed by atoms with Crippen LogP contribution in [0.25, 0.3) is 11.4 Å². The molecule has 8 nitrogen and oxygen atoms in total. The van der Waals surface area contributed by atoms with Crippen molar-refractivity contribution in [2.45, 2.75) is 31.4 Å². The number of hydrogen-bond acceptors (Lipinski definition) is 7. The zero-order valence-electron chi connectivity index (χ0n) is 15.6. The number of nitrogens with zero attached hydrogens (tertiary/aromatic N) is 2. The summed E-state index contributed by atoms with van der Waals surface area (Å²) in [7, 11) is -3.72. The van der Waals surface area contributed by atoms with E-state index in [0.29, 0.717) is 16.4 Å². The van der Waals surface area contributed by atoms with Gasteiger partial charge in [0.1, 0.15) is 0 Å². The average Bonchev–Trinajstić information content (AvgIpc) is 3.15. The molecule has 0 amide bonds. The first-order chi connectivity index (χ1) is 13.7. The molecule has 152 valence electrons. The van der Waals surface area contributed by atoms with E-state index in [9.17, 15) is 13.2 Å². The Morgan fingerprint density at radius 1 is 1.21 bits per heavy atom. The van der Waals surface area contributed by atoms with Crippen molar-refractivity contribution in [3.63, 3.8) is 0 Å². The first-order valence-corrected chi connectivity index (χ1v) is 10.5. The molecule has 10 heteroatoms. The van der Waals surface area contributed by atoms with Gasteiger partial charge >= 0.3 is 5.97 Å². The number of hydrogen-bond donors (Lipinski definition) is 1. The molecule has 1 N–H and O–H groups in total. The number of halogens is 1. The molecule has 29 heavy (non-hydrogen) atoms. The van der Waals surface area contributed by atoms with Crippen molar-refractivity contribution in [2.24, 2.45) is 0 Å². The van der Waals surface area contributed by atoms with Gasteiger partial charge < -0.3 is 9.26 Å². The van der Waals surface area contributed by atoms with Crippen molar-refractivity contribution in [3.05, 3.63) is 65.0 Å². The van der Waals surface area contributed by atoms with Crippen LogP contribution >= 0.6 is 11.6 Å². The first-order valence-electron chi connectivity index (χ1n) is 8.62. The summed E-state index contributed by atoms with van der Waals surface area (Å²) in [5.41, 5.74) is 0.792. The number of aromatic nitrogens is 2. The van der Waals surface area contributed by atoms with E-state index < -0.39 is 16.0 Å². The summed E-state index contributed by atoms with van der Waals surface area (Å²) in [4.78, 5) is 16.4. The predicted octanol–water partition coefficient (Wildman–Crippen LogP) is 3.43. The Labute approximate surface area is 172 Å². The molecule has 0 bridgehead atoms. The van der Waals surface area contributed by atoms with Gasteiger partial charge in [-0.15, -0.1) is 0 Å². The normalized spacial score (nSPS) is 11.6. The maximum Gasteiger partial charge on any atom is 0.338 e. The molecule has 2 aromatic carbocycles. The van der Waals surface area contributed by atoms with Crippen molar-refractivity contribution in [2.75, 3.05) is 0 Å². The molecular formula is C19H18ClN3O5S. The third kappa shape index (κ3) is 5.41. The fraction of sp³-hybridized carbons (Fsp3) is 0.211. The maximum atomic E-state index is 12.3. The third-order valence-electron chi connectivity index (χ3n) is 3.67. The van der Waals surface area contributed by atoms with Crippen molar-refractivity contribution in [1.82, 2.24) is 14.9 Å². The van der Waals surface area contributed by atoms with Crippen molar-refractivity contribution in [3.8, 4) is 11.4 Å². The molecule has 0 atom stereocenters. The van der Waals surface area contributed by atoms with E-state index in [0.717, 1.165) is 0 Å². The lowest BCUT2D eigenvalue weighted by Crippen LogP contribution is -2.30. The Bertz CT molecular complexity index is 1110. The summed E-state index contributed by atoms with van der Waals surface area (Å²) in [5.74, 6) is -0.271. The van der Waals surface area contributed by atoms with Crippen LogP contribution in [-0.4, -0.2) is 30.6 Å². The van der Waals surface area contributed by atoms with Gasteiger partial charge in [-0.3, -0.25) is 0 Å². The number of rotatable bonds is 7. The Kier molecular flexibility index (Phi) is 6.31. The molecule has 0 unspecified atom stereocenters. The van der Waals surface area contributed by atoms with E-state index in [1.165, 1.54) is 24.3 Å². The minimum absolute atomic E-state index is 0.0246. The molecule has 0 spiro atoms. The molecule has 1 heterocycles. The van der Waals surface area contributed by atoms with Gasteiger partial charge in [0, 0.05) is 16.6 Å². The number of carbonyl (C=O) groups excluding carboxylic acids is 1. The second-order valence-electron chi connectivity index (χ2n) is 6.40. The topological polar surface area (TPSA) is 111 Å². The van der Waals surface area contributed by atoms with Crippen molar-refractivity contribution >= 4 is 27.6 Å². The zero-order valence-corrected chi connectivity index (χ0v) is 17.2. The summed E-state index contributed by atoms with van der Waals surface area (Å²) in [6, 6.07) is 12.2. The van der Waals surface area contributed by atoms with E-state index in [1.54, 1.807) is 38.1 Å². The van der Waals surface area contributed by atoms with Crippen LogP contribution in [0.3, 0.4) is 0 Å². The molecular weight excluding hydrogens is 418 g/mol. The summed E-state index contributed by atoms with van der Waals surface area (Å²) in [6.45, 7) is 3.16. The van der Waals surface area contributed by atoms with Crippen LogP contribution in [0.5, 0.6) is 0 Å². The SMILES string of the molecule is CC(C)NS(=O)(=O)c1cccc(C(=O)OCc2nc(-c3ccc(Cl)cc3)no2)c1. The molecule has 0 aliphatic rings. The van der Waals surface area contributed by atoms with Gasteiger partial charge in [0.15, 0.2) is 6.61 Å². The van der Waals surface area contributed by atoms with Crippen LogP contribution in [0.2, 0.25) is 5.02 Å². The standard InChI is InChI=1S/C19H18ClN3O5S/c1-12(2)23-29(25,26)16-5-3-4-14(10-16)19(24)27-11-17-21-18(22-28-17)13-6-8-15(20)9-7-13/h3-10,12,23H,11H2,1-2H3. The van der Waals surface area contributed by atoms with Gasteiger partial charge in [0.05, 0.1) is 10.5 Å². The van der Waals surface area contributed by atoms with Crippen LogP contribution < -0.4 is 4.72 Å². The molecule has 0 radical (unpaired) electrons. The fourth-order valence-corrected chi connectivity index (χ4v) is 3.83. The fourth-order valence-electron chi connectivity index (χ4n) is 2.41. The van der Waals surface area contributed by atoms with Gasteiger partial charge in [-0.25, -0.2) is 17.9 Å². The minimum Gasteiger partial charge on any atom is -0.452 e. The number of nitrogens with one attached hydrogen (secondary N) is 1. The number of benzene rings is 2. The molecule has 3 rings (SSSR count).